The standard InChI is InChI=1S/C25H29N3O3.C2H6/c1-3-4-5-6-21-16-27(20-13-11-19(12-14-20)25(30)31)24(29)23-15-22(26-28(21)23)18-9-7-17(2)8-10-18;1-2/h7-15,21-22,26H,3-6,16H2,1-2H3,(H,30,31);1-2H3. The van der Waals surface area contributed by atoms with E-state index in [1.807, 2.05) is 19.9 Å². The molecule has 2 aliphatic heterocycles. The number of nitrogens with one attached hydrogen (secondary N) is 1. The highest BCUT2D eigenvalue weighted by Crippen LogP contribution is 2.34. The average Bonchev–Trinajstić information content (AvgIpc) is 3.29. The van der Waals surface area contributed by atoms with Gasteiger partial charge in [-0.2, -0.15) is 0 Å². The number of aryl methyl sites for hydroxylation is 1. The van der Waals surface area contributed by atoms with E-state index in [0.29, 0.717) is 12.2 Å². The van der Waals surface area contributed by atoms with Gasteiger partial charge in [-0.3, -0.25) is 9.80 Å². The van der Waals surface area contributed by atoms with Crippen LogP contribution in [0.1, 0.15) is 74.0 Å². The number of carbonyl (C=O) groups is 2. The lowest BCUT2D eigenvalue weighted by Crippen LogP contribution is -2.57. The molecule has 1 amide bonds. The molecule has 2 atom stereocenters. The van der Waals surface area contributed by atoms with E-state index < -0.39 is 5.97 Å². The highest BCUT2D eigenvalue weighted by molar-refractivity contribution is 6.06. The van der Waals surface area contributed by atoms with Gasteiger partial charge in [0.05, 0.1) is 17.6 Å². The number of hydrogen-bond acceptors (Lipinski definition) is 4. The largest absolute Gasteiger partial charge is 0.478 e. The molecule has 0 bridgehead atoms. The van der Waals surface area contributed by atoms with Crippen LogP contribution in [0.2, 0.25) is 0 Å². The second-order valence-corrected chi connectivity index (χ2v) is 8.36. The zero-order chi connectivity index (χ0) is 24.0. The summed E-state index contributed by atoms with van der Waals surface area (Å²) >= 11 is 0. The van der Waals surface area contributed by atoms with E-state index in [9.17, 15) is 14.7 Å². The molecular formula is C27H35N3O3. The number of carboxylic acids is 1. The maximum Gasteiger partial charge on any atom is 0.335 e. The van der Waals surface area contributed by atoms with Gasteiger partial charge in [0.25, 0.3) is 5.91 Å². The Hall–Kier alpha value is -3.12. The van der Waals surface area contributed by atoms with Crippen molar-refractivity contribution < 1.29 is 14.7 Å². The Balaban J connectivity index is 0.00000149. The second-order valence-electron chi connectivity index (χ2n) is 8.36. The number of rotatable bonds is 7. The molecule has 2 aromatic carbocycles. The monoisotopic (exact) mass is 449 g/mol. The van der Waals surface area contributed by atoms with E-state index in [0.717, 1.165) is 36.9 Å². The van der Waals surface area contributed by atoms with Crippen molar-refractivity contribution in [2.45, 2.75) is 65.5 Å². The zero-order valence-corrected chi connectivity index (χ0v) is 20.0. The van der Waals surface area contributed by atoms with E-state index in [1.54, 1.807) is 29.2 Å². The molecule has 0 aromatic heterocycles. The predicted octanol–water partition coefficient (Wildman–Crippen LogP) is 5.46. The molecule has 2 aromatic rings. The maximum absolute atomic E-state index is 13.4. The molecule has 1 saturated heterocycles. The first-order chi connectivity index (χ1) is 16.0. The zero-order valence-electron chi connectivity index (χ0n) is 20.0. The summed E-state index contributed by atoms with van der Waals surface area (Å²) in [4.78, 5) is 26.4. The smallest absolute Gasteiger partial charge is 0.335 e. The molecule has 0 spiro atoms. The van der Waals surface area contributed by atoms with E-state index >= 15 is 0 Å². The summed E-state index contributed by atoms with van der Waals surface area (Å²) < 4.78 is 0. The highest BCUT2D eigenvalue weighted by atomic mass is 16.4. The van der Waals surface area contributed by atoms with Crippen molar-refractivity contribution in [3.63, 3.8) is 0 Å². The van der Waals surface area contributed by atoms with Gasteiger partial charge in [-0.15, -0.1) is 0 Å². The number of piperazine rings is 1. The van der Waals surface area contributed by atoms with Crippen LogP contribution in [0.5, 0.6) is 0 Å². The van der Waals surface area contributed by atoms with Crippen molar-refractivity contribution in [1.82, 2.24) is 10.4 Å². The Morgan fingerprint density at radius 1 is 1.06 bits per heavy atom. The first-order valence-corrected chi connectivity index (χ1v) is 12.0. The maximum atomic E-state index is 13.4. The molecular weight excluding hydrogens is 414 g/mol. The lowest BCUT2D eigenvalue weighted by Gasteiger charge is -2.41. The minimum absolute atomic E-state index is 0.0393. The summed E-state index contributed by atoms with van der Waals surface area (Å²) in [5, 5.41) is 11.2. The van der Waals surface area contributed by atoms with Gasteiger partial charge >= 0.3 is 5.97 Å². The predicted molar refractivity (Wildman–Crippen MR) is 132 cm³/mol. The van der Waals surface area contributed by atoms with E-state index in [1.165, 1.54) is 5.56 Å². The third kappa shape index (κ3) is 5.45. The number of unbranched alkanes of at least 4 members (excludes halogenated alkanes) is 2. The van der Waals surface area contributed by atoms with E-state index in [-0.39, 0.29) is 23.6 Å². The van der Waals surface area contributed by atoms with Gasteiger partial charge in [-0.1, -0.05) is 69.9 Å². The van der Waals surface area contributed by atoms with Gasteiger partial charge in [-0.25, -0.2) is 10.2 Å². The number of carbonyl (C=O) groups excluding carboxylic acids is 1. The lowest BCUT2D eigenvalue weighted by atomic mass is 10.0. The fourth-order valence-electron chi connectivity index (χ4n) is 4.29. The van der Waals surface area contributed by atoms with Crippen LogP contribution in [0.4, 0.5) is 5.69 Å². The molecule has 2 N–H and O–H groups in total. The molecule has 1 fully saturated rings. The van der Waals surface area contributed by atoms with Gasteiger partial charge in [0.15, 0.2) is 0 Å². The van der Waals surface area contributed by atoms with Crippen LogP contribution < -0.4 is 10.3 Å². The van der Waals surface area contributed by atoms with Crippen LogP contribution >= 0.6 is 0 Å². The fraction of sp³-hybridized carbons (Fsp3) is 0.407. The normalized spacial score (nSPS) is 19.5. The quantitative estimate of drug-likeness (QED) is 0.549. The lowest BCUT2D eigenvalue weighted by molar-refractivity contribution is -0.119. The van der Waals surface area contributed by atoms with Crippen LogP contribution in [0.15, 0.2) is 60.3 Å². The number of amides is 1. The molecule has 0 radical (unpaired) electrons. The summed E-state index contributed by atoms with van der Waals surface area (Å²) in [5.41, 5.74) is 7.50. The van der Waals surface area contributed by atoms with Gasteiger partial charge in [0, 0.05) is 12.2 Å². The first kappa shape index (κ1) is 24.5. The number of aromatic carboxylic acids is 1. The van der Waals surface area contributed by atoms with Crippen molar-refractivity contribution in [3.8, 4) is 0 Å². The molecule has 2 unspecified atom stereocenters. The van der Waals surface area contributed by atoms with Crippen LogP contribution in [0.3, 0.4) is 0 Å². The van der Waals surface area contributed by atoms with Crippen molar-refractivity contribution >= 4 is 17.6 Å². The minimum atomic E-state index is -0.969. The van der Waals surface area contributed by atoms with Crippen molar-refractivity contribution in [2.75, 3.05) is 11.4 Å². The molecule has 33 heavy (non-hydrogen) atoms. The van der Waals surface area contributed by atoms with E-state index in [2.05, 4.69) is 48.5 Å². The van der Waals surface area contributed by atoms with Crippen LogP contribution in [-0.4, -0.2) is 34.6 Å². The Labute approximate surface area is 196 Å². The summed E-state index contributed by atoms with van der Waals surface area (Å²) in [6.45, 7) is 8.82. The summed E-state index contributed by atoms with van der Waals surface area (Å²) in [7, 11) is 0. The Kier molecular flexibility index (Phi) is 8.28. The first-order valence-electron chi connectivity index (χ1n) is 12.0. The number of hydrogen-bond donors (Lipinski definition) is 2. The molecule has 6 nitrogen and oxygen atoms in total. The minimum Gasteiger partial charge on any atom is -0.478 e. The Morgan fingerprint density at radius 2 is 1.73 bits per heavy atom. The van der Waals surface area contributed by atoms with Gasteiger partial charge in [0.1, 0.15) is 5.70 Å². The number of hydrazine groups is 1. The third-order valence-electron chi connectivity index (χ3n) is 6.09. The molecule has 2 aliphatic rings. The number of fused-ring (bicyclic) bond motifs is 1. The van der Waals surface area contributed by atoms with Gasteiger partial charge in [-0.05, 0) is 49.2 Å². The summed E-state index contributed by atoms with van der Waals surface area (Å²) in [5.74, 6) is -1.03. The molecule has 6 heteroatoms. The fourth-order valence-corrected chi connectivity index (χ4v) is 4.29. The molecule has 176 valence electrons. The Morgan fingerprint density at radius 3 is 2.33 bits per heavy atom. The molecule has 2 heterocycles. The summed E-state index contributed by atoms with van der Waals surface area (Å²) in [6.07, 6.45) is 6.40. The number of nitrogens with zero attached hydrogens (tertiary/aromatic N) is 2. The molecule has 0 aliphatic carbocycles. The molecule has 4 rings (SSSR count). The number of carboxylic acid groups (broad SMARTS) is 1. The highest BCUT2D eigenvalue weighted by Gasteiger charge is 2.41. The Bertz CT molecular complexity index is 983. The van der Waals surface area contributed by atoms with Crippen molar-refractivity contribution in [1.29, 1.82) is 0 Å². The number of anilines is 1. The van der Waals surface area contributed by atoms with Crippen molar-refractivity contribution in [2.24, 2.45) is 0 Å². The van der Waals surface area contributed by atoms with Crippen LogP contribution in [0.25, 0.3) is 0 Å². The second kappa shape index (κ2) is 11.1. The molecule has 0 saturated carbocycles. The van der Waals surface area contributed by atoms with E-state index in [4.69, 9.17) is 0 Å². The topological polar surface area (TPSA) is 72.9 Å². The van der Waals surface area contributed by atoms with Crippen LogP contribution in [-0.2, 0) is 4.79 Å². The van der Waals surface area contributed by atoms with Crippen molar-refractivity contribution in [3.05, 3.63) is 77.0 Å². The average molecular weight is 450 g/mol. The van der Waals surface area contributed by atoms with Crippen LogP contribution in [0, 0.1) is 6.92 Å². The van der Waals surface area contributed by atoms with Gasteiger partial charge < -0.3 is 10.0 Å². The third-order valence-corrected chi connectivity index (χ3v) is 6.09. The number of benzene rings is 2. The SMILES string of the molecule is CC.CCCCCC1CN(c2ccc(C(=O)O)cc2)C(=O)C2=CC(c3ccc(C)cc3)NN21. The van der Waals surface area contributed by atoms with Gasteiger partial charge in [0.2, 0.25) is 0 Å². The summed E-state index contributed by atoms with van der Waals surface area (Å²) in [6, 6.07) is 15.0.